The maximum atomic E-state index is 15.6. The van der Waals surface area contributed by atoms with E-state index in [1.54, 1.807) is 27.0 Å². The number of nitrogens with zero attached hydrogens (tertiary/aromatic N) is 2. The van der Waals surface area contributed by atoms with Gasteiger partial charge in [0.05, 0.1) is 17.5 Å². The molecule has 0 saturated carbocycles. The van der Waals surface area contributed by atoms with Gasteiger partial charge in [-0.25, -0.2) is 13.2 Å². The Labute approximate surface area is 266 Å². The van der Waals surface area contributed by atoms with Gasteiger partial charge in [-0.05, 0) is 97.2 Å². The van der Waals surface area contributed by atoms with Crippen molar-refractivity contribution in [2.45, 2.75) is 72.1 Å². The largest absolute Gasteiger partial charge is 0.481 e. The van der Waals surface area contributed by atoms with Crippen LogP contribution in [0.3, 0.4) is 0 Å². The van der Waals surface area contributed by atoms with Gasteiger partial charge < -0.3 is 15.0 Å². The van der Waals surface area contributed by atoms with Crippen LogP contribution in [0.4, 0.5) is 13.2 Å². The standard InChI is InChI=1S/C34H39ClF3N3O4/c1-18(2)8-29(41-15-22(19(3)11-30(41)42)6-7-40-16-25(37)17-40)34(45)39-28(14-31(43)44)26-12-23(13-27(35)33(26)38)32-20(4)9-24(36)10-21(32)5/h9-13,15,18,25,28-29H,6-8,14,16-17H2,1-5H3,(H,39,45)(H,43,44). The zero-order chi connectivity index (χ0) is 33.2. The van der Waals surface area contributed by atoms with Crippen molar-refractivity contribution < 1.29 is 27.9 Å². The number of carboxylic acid groups (broad SMARTS) is 1. The quantitative estimate of drug-likeness (QED) is 0.235. The van der Waals surface area contributed by atoms with Gasteiger partial charge in [-0.3, -0.25) is 19.3 Å². The number of carboxylic acids is 1. The Morgan fingerprint density at radius 1 is 1.04 bits per heavy atom. The third-order valence-electron chi connectivity index (χ3n) is 8.25. The molecule has 0 bridgehead atoms. The molecule has 1 aromatic heterocycles. The number of halogens is 4. The molecule has 2 unspecified atom stereocenters. The molecule has 0 aliphatic carbocycles. The van der Waals surface area contributed by atoms with Crippen molar-refractivity contribution in [3.8, 4) is 11.1 Å². The number of likely N-dealkylation sites (tertiary alicyclic amines) is 1. The van der Waals surface area contributed by atoms with Gasteiger partial charge in [0.1, 0.15) is 23.8 Å². The van der Waals surface area contributed by atoms with Crippen molar-refractivity contribution in [1.29, 1.82) is 0 Å². The third kappa shape index (κ3) is 8.16. The SMILES string of the molecule is Cc1cc(=O)n(C(CC(C)C)C(=O)NC(CC(=O)O)c2cc(-c3c(C)cc(F)cc3C)cc(Cl)c2F)cc1CCN1CC(F)C1. The molecule has 2 N–H and O–H groups in total. The summed E-state index contributed by atoms with van der Waals surface area (Å²) in [6, 6.07) is 4.58. The van der Waals surface area contributed by atoms with E-state index in [1.165, 1.54) is 34.9 Å². The number of pyridine rings is 1. The molecule has 0 radical (unpaired) electrons. The van der Waals surface area contributed by atoms with E-state index in [0.717, 1.165) is 11.1 Å². The summed E-state index contributed by atoms with van der Waals surface area (Å²) in [7, 11) is 0. The molecular formula is C34H39ClF3N3O4. The highest BCUT2D eigenvalue weighted by Gasteiger charge is 2.30. The van der Waals surface area contributed by atoms with E-state index in [4.69, 9.17) is 11.6 Å². The molecule has 2 atom stereocenters. The Morgan fingerprint density at radius 2 is 1.69 bits per heavy atom. The van der Waals surface area contributed by atoms with Gasteiger partial charge in [0.15, 0.2) is 0 Å². The highest BCUT2D eigenvalue weighted by Crippen LogP contribution is 2.36. The average Bonchev–Trinajstić information content (AvgIpc) is 2.90. The molecule has 7 nitrogen and oxygen atoms in total. The predicted octanol–water partition coefficient (Wildman–Crippen LogP) is 6.49. The fraction of sp³-hybridized carbons (Fsp3) is 0.441. The van der Waals surface area contributed by atoms with Crippen molar-refractivity contribution in [2.75, 3.05) is 19.6 Å². The van der Waals surface area contributed by atoms with Crippen LogP contribution in [0.5, 0.6) is 0 Å². The third-order valence-corrected chi connectivity index (χ3v) is 8.53. The molecule has 242 valence electrons. The summed E-state index contributed by atoms with van der Waals surface area (Å²) in [6.45, 7) is 10.3. The fourth-order valence-corrected chi connectivity index (χ4v) is 6.23. The van der Waals surface area contributed by atoms with Crippen LogP contribution < -0.4 is 10.9 Å². The molecule has 4 rings (SSSR count). The number of alkyl halides is 1. The van der Waals surface area contributed by atoms with Crippen molar-refractivity contribution in [3.63, 3.8) is 0 Å². The second-order valence-corrected chi connectivity index (χ2v) is 12.8. The van der Waals surface area contributed by atoms with Crippen LogP contribution in [0.15, 0.2) is 41.3 Å². The number of hydrogen-bond donors (Lipinski definition) is 2. The summed E-state index contributed by atoms with van der Waals surface area (Å²) in [6.07, 6.45) is 0.955. The van der Waals surface area contributed by atoms with Crippen molar-refractivity contribution in [3.05, 3.63) is 91.4 Å². The number of aryl methyl sites for hydroxylation is 3. The maximum absolute atomic E-state index is 15.6. The minimum absolute atomic E-state index is 0.0307. The van der Waals surface area contributed by atoms with Crippen LogP contribution in [-0.4, -0.2) is 52.3 Å². The number of carbonyl (C=O) groups is 2. The summed E-state index contributed by atoms with van der Waals surface area (Å²) in [5.41, 5.74) is 3.23. The number of nitrogens with one attached hydrogen (secondary N) is 1. The van der Waals surface area contributed by atoms with E-state index < -0.39 is 53.7 Å². The number of aliphatic carboxylic acids is 1. The van der Waals surface area contributed by atoms with Crippen LogP contribution in [-0.2, 0) is 16.0 Å². The lowest BCUT2D eigenvalue weighted by atomic mass is 9.92. The molecule has 1 saturated heterocycles. The smallest absolute Gasteiger partial charge is 0.305 e. The van der Waals surface area contributed by atoms with Crippen molar-refractivity contribution >= 4 is 23.5 Å². The topological polar surface area (TPSA) is 91.6 Å². The summed E-state index contributed by atoms with van der Waals surface area (Å²) in [5, 5.41) is 12.2. The molecule has 45 heavy (non-hydrogen) atoms. The van der Waals surface area contributed by atoms with E-state index in [-0.39, 0.29) is 22.9 Å². The Balaban J connectivity index is 1.71. The number of benzene rings is 2. The predicted molar refractivity (Wildman–Crippen MR) is 168 cm³/mol. The van der Waals surface area contributed by atoms with Crippen molar-refractivity contribution in [2.24, 2.45) is 5.92 Å². The van der Waals surface area contributed by atoms with E-state index >= 15 is 4.39 Å². The molecule has 2 heterocycles. The molecule has 1 aliphatic heterocycles. The number of rotatable bonds is 12. The first kappa shape index (κ1) is 34.2. The molecule has 2 aromatic carbocycles. The highest BCUT2D eigenvalue weighted by molar-refractivity contribution is 6.31. The van der Waals surface area contributed by atoms with Crippen LogP contribution >= 0.6 is 11.6 Å². The first-order valence-corrected chi connectivity index (χ1v) is 15.4. The molecule has 11 heteroatoms. The van der Waals surface area contributed by atoms with Gasteiger partial charge in [-0.15, -0.1) is 0 Å². The van der Waals surface area contributed by atoms with Crippen LogP contribution in [0.2, 0.25) is 5.02 Å². The Kier molecular flexibility index (Phi) is 10.8. The minimum Gasteiger partial charge on any atom is -0.481 e. The summed E-state index contributed by atoms with van der Waals surface area (Å²) < 4.78 is 44.3. The van der Waals surface area contributed by atoms with Gasteiger partial charge in [-0.1, -0.05) is 25.4 Å². The first-order valence-electron chi connectivity index (χ1n) is 15.0. The average molecular weight is 646 g/mol. The van der Waals surface area contributed by atoms with E-state index in [9.17, 15) is 28.3 Å². The molecule has 0 spiro atoms. The number of aromatic nitrogens is 1. The lowest BCUT2D eigenvalue weighted by Crippen LogP contribution is -2.49. The van der Waals surface area contributed by atoms with Crippen LogP contribution in [0.25, 0.3) is 11.1 Å². The molecule has 3 aromatic rings. The monoisotopic (exact) mass is 645 g/mol. The van der Waals surface area contributed by atoms with Crippen LogP contribution in [0, 0.1) is 38.3 Å². The second-order valence-electron chi connectivity index (χ2n) is 12.4. The zero-order valence-corrected chi connectivity index (χ0v) is 26.9. The normalized spacial score (nSPS) is 15.2. The molecule has 1 fully saturated rings. The summed E-state index contributed by atoms with van der Waals surface area (Å²) in [5.74, 6) is -3.28. The number of hydrogen-bond acceptors (Lipinski definition) is 4. The van der Waals surface area contributed by atoms with E-state index in [1.807, 2.05) is 18.7 Å². The number of amides is 1. The van der Waals surface area contributed by atoms with Crippen molar-refractivity contribution in [1.82, 2.24) is 14.8 Å². The number of carbonyl (C=O) groups excluding carboxylic acids is 1. The molecule has 1 aliphatic rings. The molecular weight excluding hydrogens is 607 g/mol. The lowest BCUT2D eigenvalue weighted by molar-refractivity contribution is -0.138. The summed E-state index contributed by atoms with van der Waals surface area (Å²) >= 11 is 6.30. The first-order chi connectivity index (χ1) is 21.1. The summed E-state index contributed by atoms with van der Waals surface area (Å²) in [4.78, 5) is 41.1. The van der Waals surface area contributed by atoms with E-state index in [0.29, 0.717) is 48.3 Å². The van der Waals surface area contributed by atoms with Gasteiger partial charge in [0.2, 0.25) is 5.91 Å². The van der Waals surface area contributed by atoms with Gasteiger partial charge in [0.25, 0.3) is 5.56 Å². The maximum Gasteiger partial charge on any atom is 0.305 e. The van der Waals surface area contributed by atoms with Crippen LogP contribution in [0.1, 0.15) is 66.6 Å². The van der Waals surface area contributed by atoms with E-state index in [2.05, 4.69) is 5.32 Å². The zero-order valence-electron chi connectivity index (χ0n) is 26.1. The van der Waals surface area contributed by atoms with Gasteiger partial charge in [0, 0.05) is 37.5 Å². The highest BCUT2D eigenvalue weighted by atomic mass is 35.5. The minimum atomic E-state index is -1.33. The lowest BCUT2D eigenvalue weighted by Gasteiger charge is -2.34. The Morgan fingerprint density at radius 3 is 2.27 bits per heavy atom. The fourth-order valence-electron chi connectivity index (χ4n) is 6.01. The Hall–Kier alpha value is -3.63. The Bertz CT molecular complexity index is 1630. The second kappa shape index (κ2) is 14.2. The van der Waals surface area contributed by atoms with Gasteiger partial charge >= 0.3 is 5.97 Å². The van der Waals surface area contributed by atoms with Gasteiger partial charge in [-0.2, -0.15) is 0 Å². The molecule has 1 amide bonds.